The fourth-order valence-corrected chi connectivity index (χ4v) is 5.51. The van der Waals surface area contributed by atoms with Crippen LogP contribution in [-0.4, -0.2) is 65.5 Å². The van der Waals surface area contributed by atoms with E-state index in [4.69, 9.17) is 32.6 Å². The number of nitriles is 1. The molecule has 0 unspecified atom stereocenters. The van der Waals surface area contributed by atoms with Crippen LogP contribution in [0.15, 0.2) is 85.3 Å². The minimum Gasteiger partial charge on any atom is -0.383 e. The zero-order chi connectivity index (χ0) is 30.0. The van der Waals surface area contributed by atoms with Gasteiger partial charge < -0.3 is 10.6 Å². The normalized spacial score (nSPS) is 13.7. The lowest BCUT2D eigenvalue weighted by atomic mass is 10.1. The fourth-order valence-electron chi connectivity index (χ4n) is 5.38. The van der Waals surface area contributed by atoms with Crippen LogP contribution in [0.1, 0.15) is 11.4 Å². The molecule has 2 aromatic carbocycles. The number of nitrogens with two attached hydrogens (primary N) is 1. The molecule has 5 heterocycles. The van der Waals surface area contributed by atoms with Crippen LogP contribution >= 0.6 is 11.6 Å². The second-order valence-electron chi connectivity index (χ2n) is 10.4. The van der Waals surface area contributed by atoms with E-state index in [0.29, 0.717) is 22.6 Å². The van der Waals surface area contributed by atoms with Crippen LogP contribution in [-0.2, 0) is 6.54 Å². The molecule has 0 saturated carbocycles. The van der Waals surface area contributed by atoms with E-state index in [9.17, 15) is 0 Å². The van der Waals surface area contributed by atoms with E-state index in [-0.39, 0.29) is 5.82 Å². The van der Waals surface area contributed by atoms with E-state index in [1.807, 2.05) is 59.2 Å². The molecule has 12 heteroatoms. The zero-order valence-corrected chi connectivity index (χ0v) is 24.3. The van der Waals surface area contributed by atoms with Gasteiger partial charge in [-0.3, -0.25) is 9.47 Å². The van der Waals surface area contributed by atoms with Gasteiger partial charge in [-0.15, -0.1) is 0 Å². The lowest BCUT2D eigenvalue weighted by molar-refractivity contribution is 0.248. The maximum atomic E-state index is 9.10. The van der Waals surface area contributed by atoms with Crippen molar-refractivity contribution < 1.29 is 0 Å². The Kier molecular flexibility index (Phi) is 7.27. The molecule has 1 aliphatic rings. The van der Waals surface area contributed by atoms with Crippen molar-refractivity contribution in [2.45, 2.75) is 6.54 Å². The molecule has 0 spiro atoms. The first-order valence-electron chi connectivity index (χ1n) is 14.1. The minimum absolute atomic E-state index is 0.133. The summed E-state index contributed by atoms with van der Waals surface area (Å²) >= 11 is 6.13. The van der Waals surface area contributed by atoms with Crippen molar-refractivity contribution >= 4 is 34.5 Å². The monoisotopic (exact) mass is 599 g/mol. The molecule has 1 aliphatic heterocycles. The van der Waals surface area contributed by atoms with Crippen LogP contribution < -0.4 is 10.6 Å². The summed E-state index contributed by atoms with van der Waals surface area (Å²) in [6, 6.07) is 25.8. The molecule has 2 N–H and O–H groups in total. The molecule has 7 rings (SSSR count). The standard InChI is InChI=1S/C32H26ClN11/c33-23-7-5-22(6-8-23)26-11-12-27-31(39-26)44(30(40-27)25-2-1-13-36-29(25)35)24-9-3-21(4-10-24)19-42-14-16-43(17-15-42)32-38-20-37-28(18-34)41-32/h1-13,20H,14-17,19H2,(H2,35,36). The third kappa shape index (κ3) is 5.40. The molecule has 0 amide bonds. The number of nitrogens with zero attached hydrogens (tertiary/aromatic N) is 10. The average Bonchev–Trinajstić information content (AvgIpc) is 3.44. The maximum Gasteiger partial charge on any atom is 0.236 e. The van der Waals surface area contributed by atoms with Gasteiger partial charge in [0.25, 0.3) is 0 Å². The highest BCUT2D eigenvalue weighted by Crippen LogP contribution is 2.32. The van der Waals surface area contributed by atoms with Crippen LogP contribution in [0.3, 0.4) is 0 Å². The molecule has 6 aromatic rings. The molecule has 4 aromatic heterocycles. The number of rotatable bonds is 6. The minimum atomic E-state index is 0.133. The number of piperazine rings is 1. The van der Waals surface area contributed by atoms with Crippen LogP contribution in [0, 0.1) is 11.3 Å². The van der Waals surface area contributed by atoms with Gasteiger partial charge in [-0.1, -0.05) is 35.9 Å². The van der Waals surface area contributed by atoms with Gasteiger partial charge >= 0.3 is 0 Å². The van der Waals surface area contributed by atoms with Crippen molar-refractivity contribution in [2.24, 2.45) is 0 Å². The summed E-state index contributed by atoms with van der Waals surface area (Å²) in [7, 11) is 0. The average molecular weight is 600 g/mol. The number of aromatic nitrogens is 7. The first kappa shape index (κ1) is 27.4. The summed E-state index contributed by atoms with van der Waals surface area (Å²) in [5.74, 6) is 1.76. The Morgan fingerprint density at radius 1 is 0.841 bits per heavy atom. The first-order chi connectivity index (χ1) is 21.6. The predicted molar refractivity (Wildman–Crippen MR) is 169 cm³/mol. The number of hydrogen-bond donors (Lipinski definition) is 1. The Morgan fingerprint density at radius 3 is 2.39 bits per heavy atom. The van der Waals surface area contributed by atoms with Gasteiger partial charge in [0.05, 0.1) is 11.3 Å². The van der Waals surface area contributed by atoms with Crippen LogP contribution in [0.4, 0.5) is 11.8 Å². The summed E-state index contributed by atoms with van der Waals surface area (Å²) in [4.78, 5) is 31.1. The molecular formula is C32H26ClN11. The largest absolute Gasteiger partial charge is 0.383 e. The van der Waals surface area contributed by atoms with Crippen molar-refractivity contribution in [1.82, 2.24) is 39.4 Å². The van der Waals surface area contributed by atoms with E-state index < -0.39 is 0 Å². The van der Waals surface area contributed by atoms with Gasteiger partial charge in [-0.25, -0.2) is 24.9 Å². The molecule has 0 bridgehead atoms. The van der Waals surface area contributed by atoms with E-state index in [1.165, 1.54) is 11.9 Å². The molecule has 0 radical (unpaired) electrons. The van der Waals surface area contributed by atoms with Crippen LogP contribution in [0.25, 0.3) is 39.5 Å². The third-order valence-corrected chi connectivity index (χ3v) is 7.89. The van der Waals surface area contributed by atoms with Gasteiger partial charge in [0.2, 0.25) is 11.8 Å². The quantitative estimate of drug-likeness (QED) is 0.285. The molecular weight excluding hydrogens is 574 g/mol. The number of fused-ring (bicyclic) bond motifs is 1. The number of pyridine rings is 2. The number of nitrogen functional groups attached to an aromatic ring is 1. The Morgan fingerprint density at radius 2 is 1.64 bits per heavy atom. The van der Waals surface area contributed by atoms with Gasteiger partial charge in [-0.05, 0) is 54.1 Å². The van der Waals surface area contributed by atoms with E-state index in [1.54, 1.807) is 6.20 Å². The molecule has 0 atom stereocenters. The Labute approximate surface area is 258 Å². The van der Waals surface area contributed by atoms with Crippen molar-refractivity contribution in [3.8, 4) is 34.4 Å². The van der Waals surface area contributed by atoms with Crippen LogP contribution in [0.5, 0.6) is 0 Å². The van der Waals surface area contributed by atoms with Crippen molar-refractivity contribution in [3.05, 3.63) is 102 Å². The second-order valence-corrected chi connectivity index (χ2v) is 10.8. The number of hydrogen-bond acceptors (Lipinski definition) is 10. The SMILES string of the molecule is N#Cc1ncnc(N2CCN(Cc3ccc(-n4c(-c5cccnc5N)nc5ccc(-c6ccc(Cl)cc6)nc54)cc3)CC2)n1. The topological polar surface area (TPSA) is 139 Å². The predicted octanol–water partition coefficient (Wildman–Crippen LogP) is 4.76. The van der Waals surface area contributed by atoms with Crippen molar-refractivity contribution in [3.63, 3.8) is 0 Å². The molecule has 1 fully saturated rings. The Bertz CT molecular complexity index is 1990. The summed E-state index contributed by atoms with van der Waals surface area (Å²) in [5.41, 5.74) is 12.4. The van der Waals surface area contributed by atoms with Crippen LogP contribution in [0.2, 0.25) is 5.02 Å². The highest BCUT2D eigenvalue weighted by Gasteiger charge is 2.21. The zero-order valence-electron chi connectivity index (χ0n) is 23.5. The fraction of sp³-hybridized carbons (Fsp3) is 0.156. The van der Waals surface area contributed by atoms with Crippen molar-refractivity contribution in [2.75, 3.05) is 36.8 Å². The molecule has 1 saturated heterocycles. The van der Waals surface area contributed by atoms with E-state index in [0.717, 1.165) is 66.4 Å². The Balaban J connectivity index is 1.17. The number of anilines is 2. The van der Waals surface area contributed by atoms with Gasteiger partial charge in [0.1, 0.15) is 23.7 Å². The highest BCUT2D eigenvalue weighted by atomic mass is 35.5. The van der Waals surface area contributed by atoms with Gasteiger partial charge in [0, 0.05) is 55.2 Å². The molecule has 44 heavy (non-hydrogen) atoms. The van der Waals surface area contributed by atoms with E-state index in [2.05, 4.69) is 54.0 Å². The second kappa shape index (κ2) is 11.7. The summed E-state index contributed by atoms with van der Waals surface area (Å²) in [5, 5.41) is 9.78. The highest BCUT2D eigenvalue weighted by molar-refractivity contribution is 6.30. The van der Waals surface area contributed by atoms with Crippen molar-refractivity contribution in [1.29, 1.82) is 5.26 Å². The summed E-state index contributed by atoms with van der Waals surface area (Å²) in [6.07, 6.45) is 3.06. The van der Waals surface area contributed by atoms with Gasteiger partial charge in [0.15, 0.2) is 11.5 Å². The number of imidazole rings is 1. The van der Waals surface area contributed by atoms with Gasteiger partial charge in [-0.2, -0.15) is 10.2 Å². The van der Waals surface area contributed by atoms with E-state index >= 15 is 0 Å². The first-order valence-corrected chi connectivity index (χ1v) is 14.5. The molecule has 216 valence electrons. The smallest absolute Gasteiger partial charge is 0.236 e. The number of benzene rings is 2. The maximum absolute atomic E-state index is 9.10. The Hall–Kier alpha value is -5.44. The lowest BCUT2D eigenvalue weighted by Crippen LogP contribution is -2.46. The molecule has 11 nitrogen and oxygen atoms in total. The lowest BCUT2D eigenvalue weighted by Gasteiger charge is -2.34. The number of halogens is 1. The third-order valence-electron chi connectivity index (χ3n) is 7.64. The molecule has 0 aliphatic carbocycles. The summed E-state index contributed by atoms with van der Waals surface area (Å²) in [6.45, 7) is 4.05. The summed E-state index contributed by atoms with van der Waals surface area (Å²) < 4.78 is 2.04.